The van der Waals surface area contributed by atoms with Crippen molar-refractivity contribution in [3.8, 4) is 28.0 Å². The molecule has 1 unspecified atom stereocenters. The fourth-order valence-electron chi connectivity index (χ4n) is 3.53. The van der Waals surface area contributed by atoms with Crippen LogP contribution in [0.2, 0.25) is 0 Å². The summed E-state index contributed by atoms with van der Waals surface area (Å²) >= 11 is 0. The van der Waals surface area contributed by atoms with Crippen molar-refractivity contribution in [2.75, 3.05) is 7.05 Å². The first kappa shape index (κ1) is 20.3. The number of hydrogen-bond acceptors (Lipinski definition) is 2. The Balaban J connectivity index is 1.85. The summed E-state index contributed by atoms with van der Waals surface area (Å²) in [5, 5.41) is 16.1. The normalized spacial score (nSPS) is 11.3. The molecule has 0 heterocycles. The van der Waals surface area contributed by atoms with E-state index in [1.807, 2.05) is 73.8 Å². The first-order chi connectivity index (χ1) is 14.7. The van der Waals surface area contributed by atoms with Crippen LogP contribution >= 0.6 is 8.58 Å². The second-order valence-corrected chi connectivity index (χ2v) is 8.44. The predicted molar refractivity (Wildman–Crippen MR) is 126 cm³/mol. The molecule has 0 radical (unpaired) electrons. The van der Waals surface area contributed by atoms with Crippen molar-refractivity contribution in [3.05, 3.63) is 102 Å². The van der Waals surface area contributed by atoms with Crippen molar-refractivity contribution >= 4 is 19.2 Å². The molecule has 150 valence electrons. The van der Waals surface area contributed by atoms with Crippen LogP contribution in [0.1, 0.15) is 5.56 Å². The molecule has 2 nitrogen and oxygen atoms in total. The van der Waals surface area contributed by atoms with Crippen molar-refractivity contribution in [2.24, 2.45) is 0 Å². The highest BCUT2D eigenvalue weighted by atomic mass is 31.1. The van der Waals surface area contributed by atoms with E-state index in [0.717, 1.165) is 38.4 Å². The molecule has 0 aromatic heterocycles. The van der Waals surface area contributed by atoms with E-state index < -0.39 is 0 Å². The van der Waals surface area contributed by atoms with Gasteiger partial charge < -0.3 is 10.4 Å². The van der Waals surface area contributed by atoms with Gasteiger partial charge in [-0.25, -0.2) is 4.39 Å². The minimum absolute atomic E-state index is 0.206. The predicted octanol–water partition coefficient (Wildman–Crippen LogP) is 5.21. The quantitative estimate of drug-likeness (QED) is 0.424. The number of aromatic hydroxyl groups is 1. The minimum atomic E-state index is -0.249. The van der Waals surface area contributed by atoms with Crippen LogP contribution in [0.3, 0.4) is 0 Å². The number of rotatable bonds is 6. The number of nitrogens with one attached hydrogen (secondary N) is 1. The summed E-state index contributed by atoms with van der Waals surface area (Å²) in [6, 6.07) is 29.0. The van der Waals surface area contributed by atoms with Crippen molar-refractivity contribution < 1.29 is 9.50 Å². The molecule has 0 saturated heterocycles. The van der Waals surface area contributed by atoms with Gasteiger partial charge in [-0.3, -0.25) is 0 Å². The van der Waals surface area contributed by atoms with E-state index in [1.54, 1.807) is 6.07 Å². The highest BCUT2D eigenvalue weighted by Gasteiger charge is 2.15. The standard InChI is InChI=1S/C26H23FNOP/c1-28-17-21-14-22(27)12-13-24(21)30-25-16-20(18-8-4-2-5-9-18)15-23(26(25)29)19-10-6-3-7-11-19/h2-16,28-30H,17H2,1H3. The highest BCUT2D eigenvalue weighted by molar-refractivity contribution is 7.56. The zero-order valence-corrected chi connectivity index (χ0v) is 17.7. The van der Waals surface area contributed by atoms with Crippen LogP contribution in [0.15, 0.2) is 91.0 Å². The molecule has 2 N–H and O–H groups in total. The Bertz CT molecular complexity index is 1150. The maximum atomic E-state index is 13.8. The lowest BCUT2D eigenvalue weighted by molar-refractivity contribution is 0.482. The van der Waals surface area contributed by atoms with Gasteiger partial charge >= 0.3 is 0 Å². The summed E-state index contributed by atoms with van der Waals surface area (Å²) in [6.45, 7) is 0.574. The third-order valence-corrected chi connectivity index (χ3v) is 6.41. The first-order valence-electron chi connectivity index (χ1n) is 9.83. The molecule has 0 aliphatic heterocycles. The number of hydrogen-bond donors (Lipinski definition) is 2. The summed E-state index contributed by atoms with van der Waals surface area (Å²) < 4.78 is 13.8. The fraction of sp³-hybridized carbons (Fsp3) is 0.0769. The molecule has 0 aliphatic carbocycles. The number of halogens is 1. The van der Waals surface area contributed by atoms with Crippen molar-refractivity contribution in [1.29, 1.82) is 0 Å². The van der Waals surface area contributed by atoms with Crippen LogP contribution in [-0.4, -0.2) is 12.2 Å². The Morgan fingerprint density at radius 3 is 2.10 bits per heavy atom. The van der Waals surface area contributed by atoms with Gasteiger partial charge in [0.1, 0.15) is 11.6 Å². The van der Waals surface area contributed by atoms with Crippen molar-refractivity contribution in [3.63, 3.8) is 0 Å². The summed E-state index contributed by atoms with van der Waals surface area (Å²) in [5.41, 5.74) is 4.81. The van der Waals surface area contributed by atoms with Gasteiger partial charge in [-0.15, -0.1) is 0 Å². The monoisotopic (exact) mass is 415 g/mol. The molecule has 1 atom stereocenters. The molecule has 30 heavy (non-hydrogen) atoms. The zero-order chi connectivity index (χ0) is 20.9. The van der Waals surface area contributed by atoms with E-state index in [0.29, 0.717) is 6.54 Å². The van der Waals surface area contributed by atoms with E-state index in [2.05, 4.69) is 17.4 Å². The van der Waals surface area contributed by atoms with Gasteiger partial charge in [0, 0.05) is 17.4 Å². The molecule has 0 aliphatic rings. The van der Waals surface area contributed by atoms with E-state index in [-0.39, 0.29) is 20.1 Å². The van der Waals surface area contributed by atoms with Crippen LogP contribution < -0.4 is 15.9 Å². The molecule has 4 rings (SSSR count). The molecule has 0 spiro atoms. The summed E-state index contributed by atoms with van der Waals surface area (Å²) in [7, 11) is 2.05. The molecule has 4 heteroatoms. The molecule has 0 saturated carbocycles. The van der Waals surface area contributed by atoms with E-state index in [9.17, 15) is 9.50 Å². The number of phenols is 1. The molecule has 4 aromatic rings. The SMILES string of the molecule is CNCc1cc(F)ccc1Pc1cc(-c2ccccc2)cc(-c2ccccc2)c1O. The highest BCUT2D eigenvalue weighted by Crippen LogP contribution is 2.35. The Morgan fingerprint density at radius 1 is 0.767 bits per heavy atom. The molecular formula is C26H23FNOP. The van der Waals surface area contributed by atoms with E-state index in [1.165, 1.54) is 6.07 Å². The van der Waals surface area contributed by atoms with Gasteiger partial charge in [0.2, 0.25) is 0 Å². The average molecular weight is 415 g/mol. The maximum absolute atomic E-state index is 13.8. The molecule has 4 aromatic carbocycles. The first-order valence-corrected chi connectivity index (χ1v) is 10.8. The Morgan fingerprint density at radius 2 is 1.43 bits per heavy atom. The molecular weight excluding hydrogens is 392 g/mol. The Hall–Kier alpha value is -3.00. The third kappa shape index (κ3) is 4.43. The second-order valence-electron chi connectivity index (χ2n) is 7.11. The Labute approximate surface area is 178 Å². The smallest absolute Gasteiger partial charge is 0.131 e. The Kier molecular flexibility index (Phi) is 6.23. The summed E-state index contributed by atoms with van der Waals surface area (Å²) in [4.78, 5) is 0. The second kappa shape index (κ2) is 9.21. The summed E-state index contributed by atoms with van der Waals surface area (Å²) in [5.74, 6) is 0.0278. The zero-order valence-electron chi connectivity index (χ0n) is 16.7. The van der Waals surface area contributed by atoms with Crippen LogP contribution in [0, 0.1) is 5.82 Å². The van der Waals surface area contributed by atoms with Gasteiger partial charge in [-0.2, -0.15) is 0 Å². The summed E-state index contributed by atoms with van der Waals surface area (Å²) in [6.07, 6.45) is 0. The minimum Gasteiger partial charge on any atom is -0.507 e. The van der Waals surface area contributed by atoms with Crippen molar-refractivity contribution in [2.45, 2.75) is 6.54 Å². The van der Waals surface area contributed by atoms with E-state index in [4.69, 9.17) is 0 Å². The lowest BCUT2D eigenvalue weighted by atomic mass is 9.98. The topological polar surface area (TPSA) is 32.3 Å². The lowest BCUT2D eigenvalue weighted by Gasteiger charge is -2.16. The fourth-order valence-corrected chi connectivity index (χ4v) is 4.79. The molecule has 0 amide bonds. The van der Waals surface area contributed by atoms with Gasteiger partial charge in [0.15, 0.2) is 0 Å². The lowest BCUT2D eigenvalue weighted by Crippen LogP contribution is -2.16. The average Bonchev–Trinajstić information content (AvgIpc) is 2.78. The van der Waals surface area contributed by atoms with E-state index >= 15 is 0 Å². The van der Waals surface area contributed by atoms with Crippen molar-refractivity contribution in [1.82, 2.24) is 5.32 Å². The van der Waals surface area contributed by atoms with Gasteiger partial charge in [-0.05, 0) is 58.9 Å². The van der Waals surface area contributed by atoms with Crippen LogP contribution in [-0.2, 0) is 6.54 Å². The number of phenolic OH excluding ortho intramolecular Hbond substituents is 1. The maximum Gasteiger partial charge on any atom is 0.131 e. The van der Waals surface area contributed by atoms with Gasteiger partial charge in [0.25, 0.3) is 0 Å². The third-order valence-electron chi connectivity index (χ3n) is 5.01. The van der Waals surface area contributed by atoms with Crippen LogP contribution in [0.4, 0.5) is 4.39 Å². The van der Waals surface area contributed by atoms with Gasteiger partial charge in [0.05, 0.1) is 0 Å². The number of benzene rings is 4. The largest absolute Gasteiger partial charge is 0.507 e. The van der Waals surface area contributed by atoms with Gasteiger partial charge in [-0.1, -0.05) is 75.3 Å². The van der Waals surface area contributed by atoms with Crippen LogP contribution in [0.25, 0.3) is 22.3 Å². The molecule has 0 fully saturated rings. The van der Waals surface area contributed by atoms with Crippen LogP contribution in [0.5, 0.6) is 5.75 Å². The molecule has 0 bridgehead atoms.